The summed E-state index contributed by atoms with van der Waals surface area (Å²) in [4.78, 5) is 0.176. The Hall–Kier alpha value is -0.980. The second-order valence-electron chi connectivity index (χ2n) is 5.88. The quantitative estimate of drug-likeness (QED) is 0.928. The Morgan fingerprint density at radius 3 is 2.71 bits per heavy atom. The van der Waals surface area contributed by atoms with Crippen LogP contribution in [0.5, 0.6) is 0 Å². The van der Waals surface area contributed by atoms with Crippen LogP contribution < -0.4 is 5.32 Å². The van der Waals surface area contributed by atoms with E-state index in [2.05, 4.69) is 12.2 Å². The van der Waals surface area contributed by atoms with Crippen molar-refractivity contribution in [2.75, 3.05) is 13.6 Å². The summed E-state index contributed by atoms with van der Waals surface area (Å²) in [5.74, 6) is 0.156. The molecule has 4 nitrogen and oxygen atoms in total. The fourth-order valence-electron chi connectivity index (χ4n) is 2.92. The largest absolute Gasteiger partial charge is 0.316 e. The molecule has 6 heteroatoms. The van der Waals surface area contributed by atoms with Crippen LogP contribution in [0, 0.1) is 11.7 Å². The number of nitrogens with one attached hydrogen (secondary N) is 1. The first-order valence-corrected chi connectivity index (χ1v) is 8.75. The van der Waals surface area contributed by atoms with Gasteiger partial charge < -0.3 is 5.32 Å². The van der Waals surface area contributed by atoms with Crippen LogP contribution in [0.15, 0.2) is 23.1 Å². The van der Waals surface area contributed by atoms with Gasteiger partial charge in [-0.3, -0.25) is 0 Å². The van der Waals surface area contributed by atoms with Crippen LogP contribution in [0.2, 0.25) is 0 Å². The van der Waals surface area contributed by atoms with Gasteiger partial charge >= 0.3 is 0 Å². The summed E-state index contributed by atoms with van der Waals surface area (Å²) < 4.78 is 40.7. The zero-order valence-corrected chi connectivity index (χ0v) is 13.6. The van der Waals surface area contributed by atoms with Crippen LogP contribution in [0.1, 0.15) is 32.3 Å². The summed E-state index contributed by atoms with van der Waals surface area (Å²) in [6.45, 7) is 4.92. The Bertz CT molecular complexity index is 604. The number of hydrogen-bond donors (Lipinski definition) is 1. The van der Waals surface area contributed by atoms with Gasteiger partial charge in [-0.15, -0.1) is 0 Å². The molecular weight excluding hydrogens is 291 g/mol. The minimum absolute atomic E-state index is 0.0171. The third-order valence-corrected chi connectivity index (χ3v) is 6.08. The number of rotatable bonds is 4. The Morgan fingerprint density at radius 1 is 1.38 bits per heavy atom. The molecule has 0 aromatic heterocycles. The highest BCUT2D eigenvalue weighted by atomic mass is 32.2. The molecule has 0 bridgehead atoms. The van der Waals surface area contributed by atoms with Gasteiger partial charge in [0.15, 0.2) is 0 Å². The van der Waals surface area contributed by atoms with Crippen molar-refractivity contribution in [1.29, 1.82) is 0 Å². The predicted molar refractivity (Wildman–Crippen MR) is 80.9 cm³/mol. The molecule has 21 heavy (non-hydrogen) atoms. The third kappa shape index (κ3) is 3.44. The van der Waals surface area contributed by atoms with Crippen molar-refractivity contribution < 1.29 is 12.8 Å². The van der Waals surface area contributed by atoms with E-state index in [0.717, 1.165) is 12.8 Å². The fourth-order valence-corrected chi connectivity index (χ4v) is 4.62. The molecule has 1 heterocycles. The molecule has 118 valence electrons. The summed E-state index contributed by atoms with van der Waals surface area (Å²) in [6.07, 6.45) is 1.73. The number of hydrogen-bond acceptors (Lipinski definition) is 3. The molecule has 1 saturated heterocycles. The van der Waals surface area contributed by atoms with E-state index >= 15 is 0 Å². The standard InChI is InChI=1S/C15H23FN2O2S/c1-11-6-7-18(12(2)8-11)21(19,20)14-4-5-15(16)13(9-14)10-17-3/h4-5,9,11-12,17H,6-8,10H2,1-3H3. The first kappa shape index (κ1) is 16.4. The molecule has 2 rings (SSSR count). The zero-order chi connectivity index (χ0) is 15.6. The fraction of sp³-hybridized carbons (Fsp3) is 0.600. The van der Waals surface area contributed by atoms with Gasteiger partial charge in [-0.2, -0.15) is 4.31 Å². The van der Waals surface area contributed by atoms with Gasteiger partial charge in [0.05, 0.1) is 4.90 Å². The van der Waals surface area contributed by atoms with Gasteiger partial charge in [0.1, 0.15) is 5.82 Å². The van der Waals surface area contributed by atoms with Gasteiger partial charge in [-0.25, -0.2) is 12.8 Å². The van der Waals surface area contributed by atoms with E-state index in [0.29, 0.717) is 24.6 Å². The smallest absolute Gasteiger partial charge is 0.243 e. The van der Waals surface area contributed by atoms with E-state index in [1.807, 2.05) is 6.92 Å². The van der Waals surface area contributed by atoms with E-state index in [9.17, 15) is 12.8 Å². The molecule has 1 fully saturated rings. The van der Waals surface area contributed by atoms with Crippen LogP contribution in [0.4, 0.5) is 4.39 Å². The number of sulfonamides is 1. The summed E-state index contributed by atoms with van der Waals surface area (Å²) in [5, 5.41) is 2.85. The van der Waals surface area contributed by atoms with Gasteiger partial charge in [-0.1, -0.05) is 6.92 Å². The summed E-state index contributed by atoms with van der Waals surface area (Å²) in [7, 11) is -1.85. The maximum atomic E-state index is 13.7. The van der Waals surface area contributed by atoms with Crippen LogP contribution in [-0.4, -0.2) is 32.4 Å². The molecule has 1 aromatic rings. The maximum absolute atomic E-state index is 13.7. The number of halogens is 1. The van der Waals surface area contributed by atoms with Crippen molar-refractivity contribution in [2.45, 2.75) is 44.2 Å². The van der Waals surface area contributed by atoms with Crippen LogP contribution in [-0.2, 0) is 16.6 Å². The van der Waals surface area contributed by atoms with Gasteiger partial charge in [0.25, 0.3) is 0 Å². The minimum Gasteiger partial charge on any atom is -0.316 e. The van der Waals surface area contributed by atoms with Crippen molar-refractivity contribution in [2.24, 2.45) is 5.92 Å². The van der Waals surface area contributed by atoms with Gasteiger partial charge in [-0.05, 0) is 50.9 Å². The molecule has 0 radical (unpaired) electrons. The topological polar surface area (TPSA) is 49.4 Å². The zero-order valence-electron chi connectivity index (χ0n) is 12.8. The lowest BCUT2D eigenvalue weighted by molar-refractivity contribution is 0.220. The molecular formula is C15H23FN2O2S. The maximum Gasteiger partial charge on any atom is 0.243 e. The van der Waals surface area contributed by atoms with E-state index in [4.69, 9.17) is 0 Å². The molecule has 2 unspecified atom stereocenters. The number of nitrogens with zero attached hydrogens (tertiary/aromatic N) is 1. The average Bonchev–Trinajstić information content (AvgIpc) is 2.40. The van der Waals surface area contributed by atoms with Crippen LogP contribution >= 0.6 is 0 Å². The van der Waals surface area contributed by atoms with E-state index in [1.165, 1.54) is 18.2 Å². The Morgan fingerprint density at radius 2 is 2.10 bits per heavy atom. The van der Waals surface area contributed by atoms with Crippen molar-refractivity contribution >= 4 is 10.0 Å². The molecule has 0 spiro atoms. The van der Waals surface area contributed by atoms with Crippen molar-refractivity contribution in [1.82, 2.24) is 9.62 Å². The molecule has 1 aromatic carbocycles. The Kier molecular flexibility index (Phi) is 5.01. The molecule has 0 aliphatic carbocycles. The Labute approximate surface area is 126 Å². The summed E-state index contributed by atoms with van der Waals surface area (Å²) in [5.41, 5.74) is 0.372. The first-order valence-electron chi connectivity index (χ1n) is 7.31. The summed E-state index contributed by atoms with van der Waals surface area (Å²) in [6, 6.07) is 4.01. The summed E-state index contributed by atoms with van der Waals surface area (Å²) >= 11 is 0. The Balaban J connectivity index is 2.33. The number of piperidine rings is 1. The third-order valence-electron chi connectivity index (χ3n) is 4.07. The van der Waals surface area contributed by atoms with E-state index in [-0.39, 0.29) is 16.8 Å². The average molecular weight is 314 g/mol. The SMILES string of the molecule is CNCc1cc(S(=O)(=O)N2CCC(C)CC2C)ccc1F. The van der Waals surface area contributed by atoms with Gasteiger partial charge in [0.2, 0.25) is 10.0 Å². The van der Waals surface area contributed by atoms with Crippen LogP contribution in [0.25, 0.3) is 0 Å². The molecule has 1 N–H and O–H groups in total. The van der Waals surface area contributed by atoms with E-state index in [1.54, 1.807) is 11.4 Å². The minimum atomic E-state index is -3.55. The molecule has 1 aliphatic rings. The molecule has 1 aliphatic heterocycles. The second-order valence-corrected chi connectivity index (χ2v) is 7.77. The van der Waals surface area contributed by atoms with Crippen LogP contribution in [0.3, 0.4) is 0 Å². The monoisotopic (exact) mass is 314 g/mol. The highest BCUT2D eigenvalue weighted by molar-refractivity contribution is 7.89. The van der Waals surface area contributed by atoms with Gasteiger partial charge in [0, 0.05) is 24.7 Å². The molecule has 0 saturated carbocycles. The normalized spacial score (nSPS) is 24.2. The van der Waals surface area contributed by atoms with Crippen molar-refractivity contribution in [3.63, 3.8) is 0 Å². The lowest BCUT2D eigenvalue weighted by Crippen LogP contribution is -2.44. The highest BCUT2D eigenvalue weighted by Crippen LogP contribution is 2.28. The second kappa shape index (κ2) is 6.42. The lowest BCUT2D eigenvalue weighted by atomic mass is 9.95. The lowest BCUT2D eigenvalue weighted by Gasteiger charge is -2.35. The predicted octanol–water partition coefficient (Wildman–Crippen LogP) is 2.35. The molecule has 2 atom stereocenters. The highest BCUT2D eigenvalue weighted by Gasteiger charge is 2.33. The van der Waals surface area contributed by atoms with Crippen molar-refractivity contribution in [3.8, 4) is 0 Å². The first-order chi connectivity index (χ1) is 9.86. The number of benzene rings is 1. The molecule has 0 amide bonds. The van der Waals surface area contributed by atoms with Crippen molar-refractivity contribution in [3.05, 3.63) is 29.6 Å². The van der Waals surface area contributed by atoms with E-state index < -0.39 is 10.0 Å².